The number of H-pyrrole nitrogens is 1. The monoisotopic (exact) mass is 294 g/mol. The molecule has 1 aromatic heterocycles. The molecule has 0 aromatic carbocycles. The number of hydrogen-bond acceptors (Lipinski definition) is 5. The van der Waals surface area contributed by atoms with Crippen molar-refractivity contribution in [1.82, 2.24) is 9.55 Å². The molecule has 0 radical (unpaired) electrons. The maximum atomic E-state index is 11.7. The van der Waals surface area contributed by atoms with Crippen molar-refractivity contribution < 1.29 is 14.6 Å². The number of nitrogens with one attached hydrogen (secondary N) is 1. The number of rotatable bonds is 4. The zero-order chi connectivity index (χ0) is 15.2. The predicted molar refractivity (Wildman–Crippen MR) is 74.5 cm³/mol. The molecule has 7 nitrogen and oxygen atoms in total. The van der Waals surface area contributed by atoms with Crippen molar-refractivity contribution in [2.75, 3.05) is 6.61 Å². The molecule has 0 spiro atoms. The molecule has 1 fully saturated rings. The third-order valence-electron chi connectivity index (χ3n) is 3.13. The van der Waals surface area contributed by atoms with Gasteiger partial charge in [0.2, 0.25) is 0 Å². The lowest BCUT2D eigenvalue weighted by Crippen LogP contribution is -2.31. The van der Waals surface area contributed by atoms with E-state index < -0.39 is 29.7 Å². The molecule has 1 aliphatic heterocycles. The minimum Gasteiger partial charge on any atom is -0.444 e. The molecule has 1 aromatic rings. The summed E-state index contributed by atoms with van der Waals surface area (Å²) in [5, 5.41) is 9.93. The lowest BCUT2D eigenvalue weighted by molar-refractivity contribution is -0.0458. The summed E-state index contributed by atoms with van der Waals surface area (Å²) in [6.45, 7) is 2.15. The van der Waals surface area contributed by atoms with Gasteiger partial charge in [-0.2, -0.15) is 0 Å². The fourth-order valence-electron chi connectivity index (χ4n) is 2.04. The van der Waals surface area contributed by atoms with E-state index >= 15 is 0 Å². The molecule has 2 rings (SSSR count). The highest BCUT2D eigenvalue weighted by Gasteiger charge is 2.35. The molecule has 3 atom stereocenters. The number of aromatic nitrogens is 2. The Kier molecular flexibility index (Phi) is 5.20. The van der Waals surface area contributed by atoms with E-state index in [-0.39, 0.29) is 13.0 Å². The maximum Gasteiger partial charge on any atom is 0.330 e. The SMILES string of the molecule is CCCC#COC[C@H]1O[C@@H](n2ccc(=O)[nH]c2=O)C[C@@H]1O. The number of aromatic amines is 1. The Labute approximate surface area is 121 Å². The molecule has 2 N–H and O–H groups in total. The number of ether oxygens (including phenoxy) is 2. The summed E-state index contributed by atoms with van der Waals surface area (Å²) in [7, 11) is 0. The third kappa shape index (κ3) is 3.97. The van der Waals surface area contributed by atoms with Gasteiger partial charge in [-0.15, -0.1) is 0 Å². The average molecular weight is 294 g/mol. The molecule has 7 heteroatoms. The zero-order valence-electron chi connectivity index (χ0n) is 11.7. The van der Waals surface area contributed by atoms with Crippen LogP contribution in [0.2, 0.25) is 0 Å². The molecule has 0 bridgehead atoms. The van der Waals surface area contributed by atoms with Crippen molar-refractivity contribution in [1.29, 1.82) is 0 Å². The van der Waals surface area contributed by atoms with Gasteiger partial charge in [0.1, 0.15) is 25.0 Å². The number of nitrogens with zero attached hydrogens (tertiary/aromatic N) is 1. The Morgan fingerprint density at radius 1 is 1.57 bits per heavy atom. The third-order valence-corrected chi connectivity index (χ3v) is 3.13. The van der Waals surface area contributed by atoms with E-state index in [4.69, 9.17) is 9.47 Å². The second-order valence-corrected chi connectivity index (χ2v) is 4.79. The predicted octanol–water partition coefficient (Wildman–Crippen LogP) is -0.0374. The summed E-state index contributed by atoms with van der Waals surface area (Å²) in [6.07, 6.45) is 3.94. The first-order valence-corrected chi connectivity index (χ1v) is 6.86. The molecule has 0 amide bonds. The van der Waals surface area contributed by atoms with Crippen molar-refractivity contribution in [3.05, 3.63) is 33.1 Å². The van der Waals surface area contributed by atoms with E-state index in [9.17, 15) is 14.7 Å². The number of hydrogen-bond donors (Lipinski definition) is 2. The van der Waals surface area contributed by atoms with Gasteiger partial charge in [0.15, 0.2) is 0 Å². The average Bonchev–Trinajstić information content (AvgIpc) is 2.80. The van der Waals surface area contributed by atoms with Gasteiger partial charge in [0.05, 0.1) is 6.10 Å². The van der Waals surface area contributed by atoms with Gasteiger partial charge in [0, 0.05) is 25.1 Å². The van der Waals surface area contributed by atoms with Gasteiger partial charge < -0.3 is 14.6 Å². The second-order valence-electron chi connectivity index (χ2n) is 4.79. The first-order chi connectivity index (χ1) is 10.1. The van der Waals surface area contributed by atoms with Crippen LogP contribution in [0.15, 0.2) is 21.9 Å². The fraction of sp³-hybridized carbons (Fsp3) is 0.571. The molecule has 2 heterocycles. The van der Waals surface area contributed by atoms with E-state index in [1.165, 1.54) is 16.8 Å². The van der Waals surface area contributed by atoms with E-state index in [1.807, 2.05) is 6.92 Å². The first kappa shape index (κ1) is 15.4. The Balaban J connectivity index is 1.96. The highest BCUT2D eigenvalue weighted by molar-refractivity contribution is 4.92. The van der Waals surface area contributed by atoms with Gasteiger partial charge in [-0.25, -0.2) is 4.79 Å². The van der Waals surface area contributed by atoms with Crippen LogP contribution in [0, 0.1) is 12.0 Å². The van der Waals surface area contributed by atoms with E-state index in [0.717, 1.165) is 12.8 Å². The Morgan fingerprint density at radius 2 is 2.38 bits per heavy atom. The summed E-state index contributed by atoms with van der Waals surface area (Å²) in [6, 6.07) is 1.23. The van der Waals surface area contributed by atoms with Crippen LogP contribution in [0.3, 0.4) is 0 Å². The molecule has 1 saturated heterocycles. The van der Waals surface area contributed by atoms with Crippen LogP contribution in [-0.2, 0) is 9.47 Å². The zero-order valence-corrected chi connectivity index (χ0v) is 11.7. The van der Waals surface area contributed by atoms with E-state index in [2.05, 4.69) is 17.0 Å². The molecule has 0 saturated carbocycles. The number of unbranched alkanes of at least 4 members (excludes halogenated alkanes) is 1. The van der Waals surface area contributed by atoms with E-state index in [0.29, 0.717) is 0 Å². The van der Waals surface area contributed by atoms with Crippen LogP contribution in [-0.4, -0.2) is 33.5 Å². The van der Waals surface area contributed by atoms with Gasteiger partial charge >= 0.3 is 5.69 Å². The smallest absolute Gasteiger partial charge is 0.330 e. The van der Waals surface area contributed by atoms with Crippen molar-refractivity contribution in [2.24, 2.45) is 0 Å². The highest BCUT2D eigenvalue weighted by atomic mass is 16.6. The second kappa shape index (κ2) is 7.11. The van der Waals surface area contributed by atoms with Gasteiger partial charge in [-0.05, 0) is 6.42 Å². The normalized spacial score (nSPS) is 24.4. The van der Waals surface area contributed by atoms with E-state index in [1.54, 1.807) is 0 Å². The molecular formula is C14H18N2O5. The van der Waals surface area contributed by atoms with Crippen LogP contribution >= 0.6 is 0 Å². The van der Waals surface area contributed by atoms with Crippen molar-refractivity contribution >= 4 is 0 Å². The largest absolute Gasteiger partial charge is 0.444 e. The van der Waals surface area contributed by atoms with Crippen molar-refractivity contribution in [2.45, 2.75) is 44.6 Å². The summed E-state index contributed by atoms with van der Waals surface area (Å²) in [5.74, 6) is 2.83. The molecule has 114 valence electrons. The summed E-state index contributed by atoms with van der Waals surface area (Å²) in [5.41, 5.74) is -1.04. The summed E-state index contributed by atoms with van der Waals surface area (Å²) in [4.78, 5) is 24.8. The van der Waals surface area contributed by atoms with Gasteiger partial charge in [-0.1, -0.05) is 12.8 Å². The standard InChI is InChI=1S/C14H18N2O5/c1-2-3-4-7-20-9-11-10(17)8-13(21-11)16-6-5-12(18)15-14(16)19/h5-6,10-11,13,17H,2-3,8-9H2,1H3,(H,15,18,19)/t10-,11+,13+/m0/s1. The molecular weight excluding hydrogens is 276 g/mol. The van der Waals surface area contributed by atoms with Gasteiger partial charge in [0.25, 0.3) is 5.56 Å². The van der Waals surface area contributed by atoms with Crippen LogP contribution < -0.4 is 11.2 Å². The molecule has 0 aliphatic carbocycles. The minimum atomic E-state index is -0.748. The molecule has 0 unspecified atom stereocenters. The van der Waals surface area contributed by atoms with Crippen LogP contribution in [0.1, 0.15) is 32.4 Å². The summed E-state index contributed by atoms with van der Waals surface area (Å²) < 4.78 is 12.0. The summed E-state index contributed by atoms with van der Waals surface area (Å²) >= 11 is 0. The molecule has 1 aliphatic rings. The first-order valence-electron chi connectivity index (χ1n) is 6.86. The minimum absolute atomic E-state index is 0.131. The fourth-order valence-corrected chi connectivity index (χ4v) is 2.04. The Hall–Kier alpha value is -2.04. The number of aliphatic hydroxyl groups excluding tert-OH is 1. The topological polar surface area (TPSA) is 93.5 Å². The van der Waals surface area contributed by atoms with Crippen LogP contribution in [0.25, 0.3) is 0 Å². The van der Waals surface area contributed by atoms with Crippen molar-refractivity contribution in [3.8, 4) is 12.0 Å². The molecule has 21 heavy (non-hydrogen) atoms. The Bertz CT molecular complexity index is 639. The lowest BCUT2D eigenvalue weighted by atomic mass is 10.2. The van der Waals surface area contributed by atoms with Crippen LogP contribution in [0.4, 0.5) is 0 Å². The van der Waals surface area contributed by atoms with Crippen LogP contribution in [0.5, 0.6) is 0 Å². The maximum absolute atomic E-state index is 11.7. The highest BCUT2D eigenvalue weighted by Crippen LogP contribution is 2.27. The van der Waals surface area contributed by atoms with Crippen molar-refractivity contribution in [3.63, 3.8) is 0 Å². The number of aliphatic hydroxyl groups is 1. The lowest BCUT2D eigenvalue weighted by Gasteiger charge is -2.14. The Morgan fingerprint density at radius 3 is 3.10 bits per heavy atom. The quantitative estimate of drug-likeness (QED) is 0.760. The van der Waals surface area contributed by atoms with Gasteiger partial charge in [-0.3, -0.25) is 14.3 Å².